The van der Waals surface area contributed by atoms with Gasteiger partial charge in [-0.05, 0) is 80.0 Å². The molecule has 2 unspecified atom stereocenters. The lowest BCUT2D eigenvalue weighted by molar-refractivity contribution is 0.0732. The molecule has 0 bridgehead atoms. The van der Waals surface area contributed by atoms with Crippen LogP contribution >= 0.6 is 15.9 Å². The molecule has 256 valence electrons. The van der Waals surface area contributed by atoms with Gasteiger partial charge in [-0.3, -0.25) is 9.97 Å². The van der Waals surface area contributed by atoms with E-state index in [1.54, 1.807) is 26.5 Å². The summed E-state index contributed by atoms with van der Waals surface area (Å²) in [5.41, 5.74) is 12.3. The fourth-order valence-corrected chi connectivity index (χ4v) is 4.43. The number of nitrogens with zero attached hydrogens (tertiary/aromatic N) is 4. The van der Waals surface area contributed by atoms with E-state index in [1.165, 1.54) is 0 Å². The van der Waals surface area contributed by atoms with Gasteiger partial charge in [0.05, 0.1) is 49.7 Å². The predicted molar refractivity (Wildman–Crippen MR) is 199 cm³/mol. The maximum absolute atomic E-state index is 5.67. The number of rotatable bonds is 12. The largest absolute Gasteiger partial charge is 0.497 e. The Morgan fingerprint density at radius 3 is 1.66 bits per heavy atom. The molecule has 0 radical (unpaired) electrons. The van der Waals surface area contributed by atoms with Crippen molar-refractivity contribution < 1.29 is 18.9 Å². The summed E-state index contributed by atoms with van der Waals surface area (Å²) in [5.74, 6) is 1.60. The molecule has 0 aliphatic heterocycles. The van der Waals surface area contributed by atoms with E-state index in [0.29, 0.717) is 6.61 Å². The molecule has 4 rings (SSSR count). The molecular formula is C36H51BrN6O4. The first-order chi connectivity index (χ1) is 22.4. The first-order valence-electron chi connectivity index (χ1n) is 15.5. The summed E-state index contributed by atoms with van der Waals surface area (Å²) in [4.78, 5) is 12.7. The lowest BCUT2D eigenvalue weighted by Gasteiger charge is -2.17. The summed E-state index contributed by atoms with van der Waals surface area (Å²) < 4.78 is 22.4. The second kappa shape index (κ2) is 20.2. The molecule has 0 aliphatic rings. The number of pyridine rings is 2. The number of ether oxygens (including phenoxy) is 4. The van der Waals surface area contributed by atoms with E-state index in [9.17, 15) is 0 Å². The molecule has 4 aromatic rings. The quantitative estimate of drug-likeness (QED) is 0.140. The third-order valence-corrected chi connectivity index (χ3v) is 7.27. The first kappa shape index (κ1) is 39.1. The zero-order valence-electron chi connectivity index (χ0n) is 29.4. The Bertz CT molecular complexity index is 1470. The van der Waals surface area contributed by atoms with Gasteiger partial charge in [0.1, 0.15) is 11.5 Å². The lowest BCUT2D eigenvalue weighted by atomic mass is 10.2. The van der Waals surface area contributed by atoms with E-state index in [1.807, 2.05) is 120 Å². The van der Waals surface area contributed by atoms with Crippen molar-refractivity contribution in [2.45, 2.75) is 39.9 Å². The number of hydrogen-bond donors (Lipinski definition) is 2. The Morgan fingerprint density at radius 2 is 1.21 bits per heavy atom. The molecule has 0 spiro atoms. The Kier molecular flexibility index (Phi) is 16.8. The Balaban J connectivity index is 0.000000270. The van der Waals surface area contributed by atoms with Crippen LogP contribution in [-0.4, -0.2) is 65.6 Å². The van der Waals surface area contributed by atoms with Crippen molar-refractivity contribution >= 4 is 44.4 Å². The van der Waals surface area contributed by atoms with Crippen LogP contribution in [0.25, 0.3) is 0 Å². The van der Waals surface area contributed by atoms with Gasteiger partial charge in [-0.25, -0.2) is 0 Å². The smallest absolute Gasteiger partial charge is 0.122 e. The van der Waals surface area contributed by atoms with Gasteiger partial charge in [0.2, 0.25) is 0 Å². The van der Waals surface area contributed by atoms with Crippen LogP contribution in [0.5, 0.6) is 11.5 Å². The van der Waals surface area contributed by atoms with E-state index in [-0.39, 0.29) is 12.2 Å². The molecule has 3 N–H and O–H groups in total. The van der Waals surface area contributed by atoms with Gasteiger partial charge in [-0.2, -0.15) is 0 Å². The van der Waals surface area contributed by atoms with Gasteiger partial charge in [-0.1, -0.05) is 0 Å². The summed E-state index contributed by atoms with van der Waals surface area (Å²) in [5, 5.41) is 3.36. The number of benzene rings is 2. The van der Waals surface area contributed by atoms with Gasteiger partial charge in [0, 0.05) is 99.1 Å². The molecule has 2 aromatic heterocycles. The first-order valence-corrected chi connectivity index (χ1v) is 16.3. The molecule has 2 aromatic carbocycles. The maximum Gasteiger partial charge on any atom is 0.122 e. The maximum atomic E-state index is 5.67. The molecule has 0 fully saturated rings. The highest BCUT2D eigenvalue weighted by molar-refractivity contribution is 9.10. The second-order valence-corrected chi connectivity index (χ2v) is 11.8. The minimum absolute atomic E-state index is 0.00575. The summed E-state index contributed by atoms with van der Waals surface area (Å²) in [7, 11) is 11.2. The monoisotopic (exact) mass is 710 g/mol. The summed E-state index contributed by atoms with van der Waals surface area (Å²) >= 11 is 3.33. The van der Waals surface area contributed by atoms with Crippen LogP contribution in [0.4, 0.5) is 28.4 Å². The number of methoxy groups -OCH3 is 2. The van der Waals surface area contributed by atoms with Crippen molar-refractivity contribution in [3.63, 3.8) is 0 Å². The summed E-state index contributed by atoms with van der Waals surface area (Å²) in [6.07, 6.45) is 3.69. The average molecular weight is 712 g/mol. The zero-order chi connectivity index (χ0) is 34.9. The molecule has 2 heterocycles. The highest BCUT2D eigenvalue weighted by atomic mass is 79.9. The van der Waals surface area contributed by atoms with Crippen molar-refractivity contribution in [3.8, 4) is 11.5 Å². The van der Waals surface area contributed by atoms with Gasteiger partial charge in [-0.15, -0.1) is 0 Å². The number of nitrogen functional groups attached to an aromatic ring is 1. The number of nitrogens with one attached hydrogen (secondary N) is 1. The number of halogens is 1. The molecule has 10 nitrogen and oxygen atoms in total. The molecule has 0 aliphatic carbocycles. The molecule has 2 atom stereocenters. The predicted octanol–water partition coefficient (Wildman–Crippen LogP) is 8.28. The molecule has 11 heteroatoms. The molecular weight excluding hydrogens is 660 g/mol. The third kappa shape index (κ3) is 13.7. The van der Waals surface area contributed by atoms with Gasteiger partial charge < -0.3 is 39.8 Å². The van der Waals surface area contributed by atoms with E-state index < -0.39 is 0 Å². The molecule has 0 saturated carbocycles. The highest BCUT2D eigenvalue weighted by Gasteiger charge is 2.08. The van der Waals surface area contributed by atoms with Crippen molar-refractivity contribution in [1.29, 1.82) is 0 Å². The standard InChI is InChI=1S/C18H25N3O2.C9H12BrNO.C9H14N2O/c1-6-23-13(2)18-8-7-14(12-19-18)20-15-9-16(21(3)4)11-17(10-15)22-5;1-3-12-7(2)9-5-4-8(10)6-11-9;1-11(2)8-4-7(10)5-9(6-8)12-3/h7-13,20H,6H2,1-5H3;4-7H,3H2,1-2H3;4-6H,10H2,1-3H3. The normalized spacial score (nSPS) is 11.6. The fraction of sp³-hybridized carbons (Fsp3) is 0.389. The van der Waals surface area contributed by atoms with Crippen LogP contribution in [0.1, 0.15) is 51.3 Å². The van der Waals surface area contributed by atoms with Crippen molar-refractivity contribution in [3.05, 3.63) is 88.9 Å². The van der Waals surface area contributed by atoms with Gasteiger partial charge >= 0.3 is 0 Å². The zero-order valence-corrected chi connectivity index (χ0v) is 31.0. The topological polar surface area (TPSA) is 107 Å². The highest BCUT2D eigenvalue weighted by Crippen LogP contribution is 2.28. The van der Waals surface area contributed by atoms with Gasteiger partial charge in [0.15, 0.2) is 0 Å². The van der Waals surface area contributed by atoms with E-state index in [0.717, 1.165) is 62.4 Å². The average Bonchev–Trinajstić information content (AvgIpc) is 3.05. The Morgan fingerprint density at radius 1 is 0.702 bits per heavy atom. The third-order valence-electron chi connectivity index (χ3n) is 6.80. The fourth-order valence-electron chi connectivity index (χ4n) is 4.20. The molecule has 0 amide bonds. The van der Waals surface area contributed by atoms with Gasteiger partial charge in [0.25, 0.3) is 0 Å². The van der Waals surface area contributed by atoms with Crippen molar-refractivity contribution in [1.82, 2.24) is 9.97 Å². The Hall–Kier alpha value is -4.06. The van der Waals surface area contributed by atoms with E-state index in [4.69, 9.17) is 24.7 Å². The van der Waals surface area contributed by atoms with Crippen LogP contribution in [-0.2, 0) is 9.47 Å². The van der Waals surface area contributed by atoms with E-state index >= 15 is 0 Å². The Labute approximate surface area is 289 Å². The number of aromatic nitrogens is 2. The summed E-state index contributed by atoms with van der Waals surface area (Å²) in [6, 6.07) is 19.6. The van der Waals surface area contributed by atoms with Crippen LogP contribution in [0, 0.1) is 0 Å². The minimum atomic E-state index is 0.00575. The van der Waals surface area contributed by atoms with Crippen LogP contribution in [0.15, 0.2) is 77.5 Å². The van der Waals surface area contributed by atoms with E-state index in [2.05, 4.69) is 37.3 Å². The van der Waals surface area contributed by atoms with Crippen molar-refractivity contribution in [2.24, 2.45) is 0 Å². The molecule has 47 heavy (non-hydrogen) atoms. The SMILES string of the molecule is CCOC(C)c1ccc(Br)cn1.CCOC(C)c1ccc(Nc2cc(OC)cc(N(C)C)c2)cn1.COc1cc(N)cc(N(C)C)c1. The summed E-state index contributed by atoms with van der Waals surface area (Å²) in [6.45, 7) is 9.37. The van der Waals surface area contributed by atoms with Crippen LogP contribution in [0.3, 0.4) is 0 Å². The lowest BCUT2D eigenvalue weighted by Crippen LogP contribution is -2.09. The van der Waals surface area contributed by atoms with Crippen LogP contribution in [0.2, 0.25) is 0 Å². The number of nitrogens with two attached hydrogens (primary N) is 1. The van der Waals surface area contributed by atoms with Crippen LogP contribution < -0.4 is 30.3 Å². The van der Waals surface area contributed by atoms with Crippen molar-refractivity contribution in [2.75, 3.05) is 76.5 Å². The molecule has 0 saturated heterocycles. The second-order valence-electron chi connectivity index (χ2n) is 10.9. The minimum Gasteiger partial charge on any atom is -0.497 e. The number of anilines is 5. The number of hydrogen-bond acceptors (Lipinski definition) is 10.